The van der Waals surface area contributed by atoms with Crippen LogP contribution >= 0.6 is 0 Å². The smallest absolute Gasteiger partial charge is 0.416 e. The van der Waals surface area contributed by atoms with E-state index in [4.69, 9.17) is 0 Å². The molecule has 1 fully saturated rings. The summed E-state index contributed by atoms with van der Waals surface area (Å²) in [6, 6.07) is 4.89. The fourth-order valence-electron chi connectivity index (χ4n) is 4.25. The van der Waals surface area contributed by atoms with E-state index in [-0.39, 0.29) is 25.6 Å². The van der Waals surface area contributed by atoms with E-state index in [1.54, 1.807) is 6.92 Å². The Kier molecular flexibility index (Phi) is 7.32. The van der Waals surface area contributed by atoms with E-state index in [9.17, 15) is 45.4 Å². The van der Waals surface area contributed by atoms with Gasteiger partial charge in [0.2, 0.25) is 5.91 Å². The quantitative estimate of drug-likeness (QED) is 0.533. The van der Waals surface area contributed by atoms with Gasteiger partial charge in [-0.15, -0.1) is 0 Å². The molecule has 2 aromatic rings. The number of halogens is 7. The molecule has 2 aromatic carbocycles. The van der Waals surface area contributed by atoms with Crippen LogP contribution in [0, 0.1) is 18.7 Å². The zero-order valence-electron chi connectivity index (χ0n) is 18.3. The van der Waals surface area contributed by atoms with Gasteiger partial charge in [-0.1, -0.05) is 6.07 Å². The SMILES string of the molecule is Cc1cc(F)ccc1C1CN(C(=O)O)CCC1C(=O)NCc1cc(C(F)(F)F)cc(C(F)(F)F)c1. The van der Waals surface area contributed by atoms with Crippen molar-refractivity contribution in [2.45, 2.75) is 38.2 Å². The van der Waals surface area contributed by atoms with Crippen molar-refractivity contribution in [1.82, 2.24) is 10.2 Å². The predicted molar refractivity (Wildman–Crippen MR) is 110 cm³/mol. The van der Waals surface area contributed by atoms with E-state index in [2.05, 4.69) is 5.32 Å². The molecule has 0 aromatic heterocycles. The molecule has 2 atom stereocenters. The summed E-state index contributed by atoms with van der Waals surface area (Å²) in [5, 5.41) is 11.7. The molecule has 12 heteroatoms. The molecule has 0 saturated carbocycles. The minimum Gasteiger partial charge on any atom is -0.465 e. The van der Waals surface area contributed by atoms with Gasteiger partial charge in [0, 0.05) is 31.5 Å². The van der Waals surface area contributed by atoms with Crippen molar-refractivity contribution >= 4 is 12.0 Å². The first kappa shape index (κ1) is 26.3. The highest BCUT2D eigenvalue weighted by atomic mass is 19.4. The second kappa shape index (κ2) is 9.74. The highest BCUT2D eigenvalue weighted by Gasteiger charge is 2.39. The Bertz CT molecular complexity index is 1080. The lowest BCUT2D eigenvalue weighted by molar-refractivity contribution is -0.143. The molecule has 3 rings (SSSR count). The summed E-state index contributed by atoms with van der Waals surface area (Å²) >= 11 is 0. The lowest BCUT2D eigenvalue weighted by Gasteiger charge is -2.37. The van der Waals surface area contributed by atoms with Crippen LogP contribution < -0.4 is 5.32 Å². The van der Waals surface area contributed by atoms with Gasteiger partial charge < -0.3 is 15.3 Å². The molecule has 35 heavy (non-hydrogen) atoms. The standard InChI is InChI=1S/C23H21F7N2O3/c1-12-6-16(24)2-3-17(12)19-11-32(21(34)35)5-4-18(19)20(33)31-10-13-7-14(22(25,26)27)9-15(8-13)23(28,29)30/h2-3,6-9,18-19H,4-5,10-11H2,1H3,(H,31,33)(H,34,35). The number of nitrogens with one attached hydrogen (secondary N) is 1. The molecule has 0 radical (unpaired) electrons. The molecule has 0 aliphatic carbocycles. The van der Waals surface area contributed by atoms with E-state index < -0.39 is 65.2 Å². The van der Waals surface area contributed by atoms with Crippen molar-refractivity contribution in [2.24, 2.45) is 5.92 Å². The molecule has 1 aliphatic rings. The van der Waals surface area contributed by atoms with Crippen LogP contribution in [-0.2, 0) is 23.7 Å². The fourth-order valence-corrected chi connectivity index (χ4v) is 4.25. The summed E-state index contributed by atoms with van der Waals surface area (Å²) < 4.78 is 92.2. The summed E-state index contributed by atoms with van der Waals surface area (Å²) in [4.78, 5) is 25.5. The number of carboxylic acid groups (broad SMARTS) is 1. The number of likely N-dealkylation sites (tertiary alicyclic amines) is 1. The van der Waals surface area contributed by atoms with E-state index in [0.29, 0.717) is 23.3 Å². The van der Waals surface area contributed by atoms with Crippen LogP contribution in [0.4, 0.5) is 35.5 Å². The van der Waals surface area contributed by atoms with Crippen LogP contribution in [0.5, 0.6) is 0 Å². The average Bonchev–Trinajstić information content (AvgIpc) is 2.75. The number of carbonyl (C=O) groups excluding carboxylic acids is 1. The zero-order valence-corrected chi connectivity index (χ0v) is 18.3. The Morgan fingerprint density at radius 1 is 1.03 bits per heavy atom. The van der Waals surface area contributed by atoms with Crippen LogP contribution in [-0.4, -0.2) is 35.1 Å². The Labute approximate surface area is 195 Å². The number of benzene rings is 2. The Morgan fingerprint density at radius 2 is 1.63 bits per heavy atom. The average molecular weight is 506 g/mol. The van der Waals surface area contributed by atoms with Gasteiger partial charge in [0.1, 0.15) is 5.82 Å². The van der Waals surface area contributed by atoms with Gasteiger partial charge in [0.05, 0.1) is 11.1 Å². The van der Waals surface area contributed by atoms with Crippen LogP contribution in [0.3, 0.4) is 0 Å². The zero-order chi connectivity index (χ0) is 26.1. The molecule has 2 unspecified atom stereocenters. The normalized spacial score (nSPS) is 18.9. The van der Waals surface area contributed by atoms with Crippen molar-refractivity contribution in [3.05, 3.63) is 70.0 Å². The molecule has 2 amide bonds. The van der Waals surface area contributed by atoms with Gasteiger partial charge in [0.25, 0.3) is 0 Å². The Balaban J connectivity index is 1.86. The monoisotopic (exact) mass is 506 g/mol. The number of alkyl halides is 6. The molecule has 190 valence electrons. The largest absolute Gasteiger partial charge is 0.465 e. The lowest BCUT2D eigenvalue weighted by atomic mass is 9.78. The first-order valence-corrected chi connectivity index (χ1v) is 10.5. The van der Waals surface area contributed by atoms with E-state index in [0.717, 1.165) is 11.0 Å². The van der Waals surface area contributed by atoms with Crippen molar-refractivity contribution in [2.75, 3.05) is 13.1 Å². The molecule has 1 heterocycles. The molecule has 0 bridgehead atoms. The summed E-state index contributed by atoms with van der Waals surface area (Å²) in [5.41, 5.74) is -2.38. The first-order chi connectivity index (χ1) is 16.2. The van der Waals surface area contributed by atoms with Crippen molar-refractivity contribution in [3.8, 4) is 0 Å². The van der Waals surface area contributed by atoms with Crippen LogP contribution in [0.25, 0.3) is 0 Å². The predicted octanol–water partition coefficient (Wildman–Crippen LogP) is 5.57. The van der Waals surface area contributed by atoms with E-state index >= 15 is 0 Å². The Hall–Kier alpha value is -3.31. The van der Waals surface area contributed by atoms with Gasteiger partial charge >= 0.3 is 18.4 Å². The van der Waals surface area contributed by atoms with Crippen LogP contribution in [0.15, 0.2) is 36.4 Å². The van der Waals surface area contributed by atoms with E-state index in [1.807, 2.05) is 0 Å². The maximum absolute atomic E-state index is 13.6. The summed E-state index contributed by atoms with van der Waals surface area (Å²) in [5.74, 6) is -2.70. The third-order valence-electron chi connectivity index (χ3n) is 5.97. The third-order valence-corrected chi connectivity index (χ3v) is 5.97. The molecular formula is C23H21F7N2O3. The summed E-state index contributed by atoms with van der Waals surface area (Å²) in [7, 11) is 0. The van der Waals surface area contributed by atoms with Crippen molar-refractivity contribution in [3.63, 3.8) is 0 Å². The Morgan fingerprint density at radius 3 is 2.14 bits per heavy atom. The summed E-state index contributed by atoms with van der Waals surface area (Å²) in [6.45, 7) is 0.919. The van der Waals surface area contributed by atoms with Gasteiger partial charge in [-0.25, -0.2) is 9.18 Å². The number of hydrogen-bond acceptors (Lipinski definition) is 2. The molecule has 5 nitrogen and oxygen atoms in total. The van der Waals surface area contributed by atoms with Gasteiger partial charge in [-0.3, -0.25) is 4.79 Å². The van der Waals surface area contributed by atoms with E-state index in [1.165, 1.54) is 12.1 Å². The maximum atomic E-state index is 13.6. The highest BCUT2D eigenvalue weighted by Crippen LogP contribution is 2.37. The molecule has 0 spiro atoms. The number of carbonyl (C=O) groups is 2. The topological polar surface area (TPSA) is 69.6 Å². The van der Waals surface area contributed by atoms with Gasteiger partial charge in [-0.05, 0) is 60.4 Å². The third kappa shape index (κ3) is 6.23. The second-order valence-corrected chi connectivity index (χ2v) is 8.36. The lowest BCUT2D eigenvalue weighted by Crippen LogP contribution is -2.47. The minimum atomic E-state index is -5.02. The molecule has 1 saturated heterocycles. The highest BCUT2D eigenvalue weighted by molar-refractivity contribution is 5.80. The second-order valence-electron chi connectivity index (χ2n) is 8.36. The van der Waals surface area contributed by atoms with Crippen molar-refractivity contribution < 1.29 is 45.4 Å². The maximum Gasteiger partial charge on any atom is 0.416 e. The van der Waals surface area contributed by atoms with Gasteiger partial charge in [0.15, 0.2) is 0 Å². The molecule has 2 N–H and O–H groups in total. The number of amides is 2. The van der Waals surface area contributed by atoms with Crippen LogP contribution in [0.1, 0.15) is 40.2 Å². The van der Waals surface area contributed by atoms with Crippen LogP contribution in [0.2, 0.25) is 0 Å². The molecule has 1 aliphatic heterocycles. The number of piperidine rings is 1. The number of aryl methyl sites for hydroxylation is 1. The summed E-state index contributed by atoms with van der Waals surface area (Å²) in [6.07, 6.45) is -11.2. The van der Waals surface area contributed by atoms with Crippen molar-refractivity contribution in [1.29, 1.82) is 0 Å². The minimum absolute atomic E-state index is 0.000284. The number of rotatable bonds is 4. The molecular weight excluding hydrogens is 485 g/mol. The number of hydrogen-bond donors (Lipinski definition) is 2. The van der Waals surface area contributed by atoms with Gasteiger partial charge in [-0.2, -0.15) is 26.3 Å². The number of nitrogens with zero attached hydrogens (tertiary/aromatic N) is 1. The fraction of sp³-hybridized carbons (Fsp3) is 0.391. The first-order valence-electron chi connectivity index (χ1n) is 10.5.